The van der Waals surface area contributed by atoms with E-state index in [0.29, 0.717) is 0 Å². The Morgan fingerprint density at radius 3 is 1.38 bits per heavy atom. The van der Waals surface area contributed by atoms with Crippen LogP contribution in [0.5, 0.6) is 0 Å². The molecule has 0 aromatic rings. The lowest BCUT2D eigenvalue weighted by molar-refractivity contribution is -0.141. The molecular formula is C26H53NO2. The molecule has 29 heavy (non-hydrogen) atoms. The molecule has 0 aliphatic carbocycles. The largest absolute Gasteiger partial charge is 0.481 e. The highest BCUT2D eigenvalue weighted by Crippen LogP contribution is 2.14. The molecule has 0 amide bonds. The highest BCUT2D eigenvalue weighted by Gasteiger charge is 2.09. The van der Waals surface area contributed by atoms with Gasteiger partial charge in [-0.2, -0.15) is 0 Å². The van der Waals surface area contributed by atoms with Crippen LogP contribution >= 0.6 is 0 Å². The van der Waals surface area contributed by atoms with Crippen LogP contribution in [0.4, 0.5) is 0 Å². The van der Waals surface area contributed by atoms with Crippen molar-refractivity contribution in [2.75, 3.05) is 20.1 Å². The van der Waals surface area contributed by atoms with Gasteiger partial charge in [-0.05, 0) is 39.4 Å². The minimum absolute atomic E-state index is 0.174. The van der Waals surface area contributed by atoms with Crippen LogP contribution < -0.4 is 0 Å². The van der Waals surface area contributed by atoms with Crippen molar-refractivity contribution in [3.8, 4) is 0 Å². The Morgan fingerprint density at radius 2 is 1.00 bits per heavy atom. The Morgan fingerprint density at radius 1 is 0.655 bits per heavy atom. The van der Waals surface area contributed by atoms with Gasteiger partial charge in [0.05, 0.1) is 5.92 Å². The predicted octanol–water partition coefficient (Wildman–Crippen LogP) is 8.07. The molecule has 0 rings (SSSR count). The van der Waals surface area contributed by atoms with Gasteiger partial charge in [0.2, 0.25) is 0 Å². The van der Waals surface area contributed by atoms with Gasteiger partial charge in [-0.3, -0.25) is 4.79 Å². The van der Waals surface area contributed by atoms with Crippen LogP contribution in [-0.4, -0.2) is 36.1 Å². The number of carbonyl (C=O) groups is 1. The third kappa shape index (κ3) is 21.9. The maximum absolute atomic E-state index is 10.8. The molecule has 0 aromatic heterocycles. The fourth-order valence-corrected chi connectivity index (χ4v) is 4.00. The summed E-state index contributed by atoms with van der Waals surface area (Å²) in [6.07, 6.45) is 25.3. The molecule has 0 bridgehead atoms. The van der Waals surface area contributed by atoms with E-state index < -0.39 is 5.97 Å². The minimum atomic E-state index is -0.650. The Kier molecular flexibility index (Phi) is 21.7. The summed E-state index contributed by atoms with van der Waals surface area (Å²) in [6, 6.07) is 0. The van der Waals surface area contributed by atoms with Gasteiger partial charge in [0, 0.05) is 0 Å². The molecule has 0 spiro atoms. The first-order chi connectivity index (χ1) is 14.1. The maximum atomic E-state index is 10.8. The van der Waals surface area contributed by atoms with E-state index in [-0.39, 0.29) is 5.92 Å². The molecule has 0 aliphatic heterocycles. The normalized spacial score (nSPS) is 12.6. The molecule has 0 radical (unpaired) electrons. The van der Waals surface area contributed by atoms with Crippen LogP contribution in [0.15, 0.2) is 0 Å². The van der Waals surface area contributed by atoms with Crippen molar-refractivity contribution in [2.45, 2.75) is 136 Å². The Hall–Kier alpha value is -0.570. The van der Waals surface area contributed by atoms with Crippen molar-refractivity contribution in [2.24, 2.45) is 5.92 Å². The summed E-state index contributed by atoms with van der Waals surface area (Å²) in [4.78, 5) is 13.3. The SMILES string of the molecule is CCCCCCCCCCCCN(C)CCCCCCCCCCC(C)C(=O)O. The fraction of sp³-hybridized carbons (Fsp3) is 0.962. The minimum Gasteiger partial charge on any atom is -0.481 e. The van der Waals surface area contributed by atoms with E-state index in [2.05, 4.69) is 18.9 Å². The number of carboxylic acid groups (broad SMARTS) is 1. The second-order valence-electron chi connectivity index (χ2n) is 9.34. The van der Waals surface area contributed by atoms with E-state index in [1.165, 1.54) is 122 Å². The lowest BCUT2D eigenvalue weighted by atomic mass is 10.0. The van der Waals surface area contributed by atoms with Crippen molar-refractivity contribution in [3.63, 3.8) is 0 Å². The van der Waals surface area contributed by atoms with Gasteiger partial charge in [0.1, 0.15) is 0 Å². The smallest absolute Gasteiger partial charge is 0.306 e. The number of rotatable bonds is 23. The van der Waals surface area contributed by atoms with Gasteiger partial charge in [-0.15, -0.1) is 0 Å². The number of hydrogen-bond acceptors (Lipinski definition) is 2. The molecule has 0 aromatic carbocycles. The molecule has 1 atom stereocenters. The number of hydrogen-bond donors (Lipinski definition) is 1. The first-order valence-electron chi connectivity index (χ1n) is 13.0. The van der Waals surface area contributed by atoms with Crippen LogP contribution in [-0.2, 0) is 4.79 Å². The summed E-state index contributed by atoms with van der Waals surface area (Å²) >= 11 is 0. The summed E-state index contributed by atoms with van der Waals surface area (Å²) in [5.41, 5.74) is 0. The van der Waals surface area contributed by atoms with Crippen molar-refractivity contribution < 1.29 is 9.90 Å². The van der Waals surface area contributed by atoms with Gasteiger partial charge in [-0.25, -0.2) is 0 Å². The zero-order chi connectivity index (χ0) is 21.6. The van der Waals surface area contributed by atoms with Crippen LogP contribution in [0.2, 0.25) is 0 Å². The molecule has 174 valence electrons. The fourth-order valence-electron chi connectivity index (χ4n) is 4.00. The molecule has 0 aliphatic rings. The molecule has 0 saturated carbocycles. The van der Waals surface area contributed by atoms with Gasteiger partial charge >= 0.3 is 5.97 Å². The van der Waals surface area contributed by atoms with Crippen LogP contribution in [0, 0.1) is 5.92 Å². The average Bonchev–Trinajstić information content (AvgIpc) is 2.70. The molecule has 3 nitrogen and oxygen atoms in total. The Labute approximate surface area is 183 Å². The maximum Gasteiger partial charge on any atom is 0.306 e. The Bertz CT molecular complexity index is 346. The van der Waals surface area contributed by atoms with Crippen molar-refractivity contribution in [1.82, 2.24) is 4.90 Å². The van der Waals surface area contributed by atoms with Crippen LogP contribution in [0.1, 0.15) is 136 Å². The lowest BCUT2D eigenvalue weighted by Gasteiger charge is -2.16. The molecule has 3 heteroatoms. The topological polar surface area (TPSA) is 40.5 Å². The number of aliphatic carboxylic acids is 1. The summed E-state index contributed by atoms with van der Waals surface area (Å²) in [6.45, 7) is 6.63. The first kappa shape index (κ1) is 28.4. The lowest BCUT2D eigenvalue weighted by Crippen LogP contribution is -2.20. The highest BCUT2D eigenvalue weighted by molar-refractivity contribution is 5.69. The summed E-state index contributed by atoms with van der Waals surface area (Å²) < 4.78 is 0. The zero-order valence-corrected chi connectivity index (χ0v) is 20.2. The zero-order valence-electron chi connectivity index (χ0n) is 20.2. The van der Waals surface area contributed by atoms with Gasteiger partial charge < -0.3 is 10.0 Å². The molecule has 1 unspecified atom stereocenters. The number of carboxylic acids is 1. The Balaban J connectivity index is 3.20. The van der Waals surface area contributed by atoms with E-state index >= 15 is 0 Å². The van der Waals surface area contributed by atoms with E-state index in [9.17, 15) is 4.79 Å². The molecular weight excluding hydrogens is 358 g/mol. The second-order valence-corrected chi connectivity index (χ2v) is 9.34. The summed E-state index contributed by atoms with van der Waals surface area (Å²) in [5, 5.41) is 8.86. The second kappa shape index (κ2) is 22.1. The van der Waals surface area contributed by atoms with Gasteiger partial charge in [0.15, 0.2) is 0 Å². The predicted molar refractivity (Wildman–Crippen MR) is 128 cm³/mol. The van der Waals surface area contributed by atoms with Crippen molar-refractivity contribution >= 4 is 5.97 Å². The van der Waals surface area contributed by atoms with Crippen molar-refractivity contribution in [1.29, 1.82) is 0 Å². The van der Waals surface area contributed by atoms with E-state index in [1.54, 1.807) is 0 Å². The first-order valence-corrected chi connectivity index (χ1v) is 13.0. The molecule has 0 fully saturated rings. The van der Waals surface area contributed by atoms with Gasteiger partial charge in [0.25, 0.3) is 0 Å². The third-order valence-electron chi connectivity index (χ3n) is 6.24. The van der Waals surface area contributed by atoms with Gasteiger partial charge in [-0.1, -0.05) is 117 Å². The van der Waals surface area contributed by atoms with E-state index in [0.717, 1.165) is 12.8 Å². The summed E-state index contributed by atoms with van der Waals surface area (Å²) in [7, 11) is 2.28. The van der Waals surface area contributed by atoms with E-state index in [1.807, 2.05) is 6.92 Å². The monoisotopic (exact) mass is 411 g/mol. The number of unbranched alkanes of at least 4 members (excludes halogenated alkanes) is 16. The molecule has 1 N–H and O–H groups in total. The summed E-state index contributed by atoms with van der Waals surface area (Å²) in [5.74, 6) is -0.824. The highest BCUT2D eigenvalue weighted by atomic mass is 16.4. The average molecular weight is 412 g/mol. The molecule has 0 heterocycles. The number of nitrogens with zero attached hydrogens (tertiary/aromatic N) is 1. The molecule has 0 saturated heterocycles. The van der Waals surface area contributed by atoms with E-state index in [4.69, 9.17) is 5.11 Å². The van der Waals surface area contributed by atoms with Crippen LogP contribution in [0.3, 0.4) is 0 Å². The quantitative estimate of drug-likeness (QED) is 0.173. The standard InChI is InChI=1S/C26H53NO2/c1-4-5-6-7-8-9-11-14-17-20-23-27(3)24-21-18-15-12-10-13-16-19-22-25(2)26(28)29/h25H,4-24H2,1-3H3,(H,28,29). The third-order valence-corrected chi connectivity index (χ3v) is 6.24. The van der Waals surface area contributed by atoms with Crippen molar-refractivity contribution in [3.05, 3.63) is 0 Å². The van der Waals surface area contributed by atoms with Crippen LogP contribution in [0.25, 0.3) is 0 Å².